The van der Waals surface area contributed by atoms with E-state index in [1.165, 1.54) is 6.07 Å². The predicted molar refractivity (Wildman–Crippen MR) is 75.8 cm³/mol. The second-order valence-electron chi connectivity index (χ2n) is 4.50. The van der Waals surface area contributed by atoms with Gasteiger partial charge in [0.15, 0.2) is 0 Å². The predicted octanol–water partition coefficient (Wildman–Crippen LogP) is 0.946. The zero-order valence-electron chi connectivity index (χ0n) is 10.5. The van der Waals surface area contributed by atoms with Crippen LogP contribution in [0.2, 0.25) is 0 Å². The summed E-state index contributed by atoms with van der Waals surface area (Å²) in [4.78, 5) is 22.3. The maximum atomic E-state index is 11.5. The Morgan fingerprint density at radius 2 is 1.75 bits per heavy atom. The van der Waals surface area contributed by atoms with Gasteiger partial charge in [0.2, 0.25) is 0 Å². The molecule has 4 heteroatoms. The Bertz CT molecular complexity index is 837. The van der Waals surface area contributed by atoms with E-state index in [1.807, 2.05) is 36.5 Å². The van der Waals surface area contributed by atoms with Gasteiger partial charge >= 0.3 is 5.97 Å². The highest BCUT2D eigenvalue weighted by Crippen LogP contribution is 2.19. The van der Waals surface area contributed by atoms with Crippen LogP contribution in [0.15, 0.2) is 42.5 Å². The van der Waals surface area contributed by atoms with Crippen molar-refractivity contribution in [3.8, 4) is 0 Å². The number of ketones is 1. The summed E-state index contributed by atoms with van der Waals surface area (Å²) in [5.41, 5.74) is 1.80. The molecular formula is C16H11NO3. The number of carbonyl (C=O) groups excluding carboxylic acids is 1. The number of carboxylic acids is 1. The molecule has 0 radical (unpaired) electrons. The van der Waals surface area contributed by atoms with Crippen molar-refractivity contribution in [1.82, 2.24) is 0 Å². The molecule has 2 N–H and O–H groups in total. The van der Waals surface area contributed by atoms with Crippen LogP contribution in [0.5, 0.6) is 0 Å². The molecule has 1 heterocycles. The van der Waals surface area contributed by atoms with Crippen LogP contribution in [0.25, 0.3) is 12.3 Å². The second kappa shape index (κ2) is 4.66. The van der Waals surface area contributed by atoms with E-state index in [4.69, 9.17) is 5.11 Å². The molecule has 1 aliphatic rings. The number of hydrogen-bond donors (Lipinski definition) is 2. The number of carbonyl (C=O) groups is 2. The highest BCUT2D eigenvalue weighted by molar-refractivity contribution is 6.39. The average molecular weight is 265 g/mol. The summed E-state index contributed by atoms with van der Waals surface area (Å²) in [5, 5.41) is 14.0. The fourth-order valence-corrected chi connectivity index (χ4v) is 2.18. The van der Waals surface area contributed by atoms with Gasteiger partial charge in [-0.2, -0.15) is 0 Å². The summed E-state index contributed by atoms with van der Waals surface area (Å²) in [5.74, 6) is -2.35. The molecule has 0 aromatic heterocycles. The minimum Gasteiger partial charge on any atom is -0.475 e. The smallest absolute Gasteiger partial charge is 0.377 e. The standard InChI is InChI=1S/C16H11NO3/c18-15(16(19)20)11-5-6-14-13(8-11)7-10-3-1-2-4-12(10)9-17-14/h1-9,17H,(H,19,20). The maximum Gasteiger partial charge on any atom is 0.377 e. The zero-order valence-corrected chi connectivity index (χ0v) is 10.5. The van der Waals surface area contributed by atoms with Crippen molar-refractivity contribution in [2.75, 3.05) is 5.32 Å². The monoisotopic (exact) mass is 265 g/mol. The Hall–Kier alpha value is -2.88. The maximum absolute atomic E-state index is 11.5. The molecule has 3 rings (SSSR count). The molecule has 0 atom stereocenters. The Balaban J connectivity index is 2.18. The van der Waals surface area contributed by atoms with Crippen LogP contribution in [0.4, 0.5) is 5.69 Å². The Kier molecular flexibility index (Phi) is 2.84. The van der Waals surface area contributed by atoms with Gasteiger partial charge in [0.25, 0.3) is 5.78 Å². The molecular weight excluding hydrogens is 254 g/mol. The van der Waals surface area contributed by atoms with Crippen molar-refractivity contribution in [3.05, 3.63) is 64.0 Å². The zero-order chi connectivity index (χ0) is 14.1. The van der Waals surface area contributed by atoms with E-state index in [-0.39, 0.29) is 5.56 Å². The minimum atomic E-state index is -1.45. The molecule has 0 saturated carbocycles. The van der Waals surface area contributed by atoms with E-state index in [2.05, 4.69) is 5.32 Å². The fourth-order valence-electron chi connectivity index (χ4n) is 2.18. The number of anilines is 1. The van der Waals surface area contributed by atoms with Gasteiger partial charge < -0.3 is 10.4 Å². The second-order valence-corrected chi connectivity index (χ2v) is 4.50. The third kappa shape index (κ3) is 2.07. The van der Waals surface area contributed by atoms with Gasteiger partial charge in [-0.3, -0.25) is 4.79 Å². The first-order chi connectivity index (χ1) is 9.65. The summed E-state index contributed by atoms with van der Waals surface area (Å²) in [7, 11) is 0. The van der Waals surface area contributed by atoms with Crippen molar-refractivity contribution < 1.29 is 14.7 Å². The normalized spacial score (nSPS) is 11.8. The van der Waals surface area contributed by atoms with Crippen molar-refractivity contribution in [1.29, 1.82) is 0 Å². The first-order valence-corrected chi connectivity index (χ1v) is 6.10. The van der Waals surface area contributed by atoms with Crippen LogP contribution >= 0.6 is 0 Å². The summed E-state index contributed by atoms with van der Waals surface area (Å²) < 4.78 is 0. The first-order valence-electron chi connectivity index (χ1n) is 6.10. The lowest BCUT2D eigenvalue weighted by atomic mass is 10.0. The SMILES string of the molecule is O=C(O)C(=O)c1ccc2c(c1)C=c1ccccc1=CN2. The van der Waals surface area contributed by atoms with Crippen molar-refractivity contribution in [3.63, 3.8) is 0 Å². The van der Waals surface area contributed by atoms with E-state index in [0.29, 0.717) is 0 Å². The Morgan fingerprint density at radius 1 is 1.00 bits per heavy atom. The molecule has 0 amide bonds. The number of fused-ring (bicyclic) bond motifs is 2. The van der Waals surface area contributed by atoms with Crippen LogP contribution in [-0.4, -0.2) is 16.9 Å². The van der Waals surface area contributed by atoms with E-state index >= 15 is 0 Å². The van der Waals surface area contributed by atoms with Crippen LogP contribution < -0.4 is 15.8 Å². The number of aliphatic carboxylic acids is 1. The van der Waals surface area contributed by atoms with Gasteiger partial charge in [0, 0.05) is 17.5 Å². The molecule has 0 fully saturated rings. The molecule has 98 valence electrons. The summed E-state index contributed by atoms with van der Waals surface area (Å²) in [6, 6.07) is 12.6. The van der Waals surface area contributed by atoms with Crippen molar-refractivity contribution in [2.45, 2.75) is 0 Å². The van der Waals surface area contributed by atoms with Crippen LogP contribution in [-0.2, 0) is 4.79 Å². The Morgan fingerprint density at radius 3 is 2.50 bits per heavy atom. The van der Waals surface area contributed by atoms with Gasteiger partial charge in [-0.1, -0.05) is 24.3 Å². The summed E-state index contributed by atoms with van der Waals surface area (Å²) in [6.07, 6.45) is 3.82. The van der Waals surface area contributed by atoms with Gasteiger partial charge in [0.05, 0.1) is 0 Å². The van der Waals surface area contributed by atoms with Crippen LogP contribution in [0, 0.1) is 0 Å². The minimum absolute atomic E-state index is 0.175. The molecule has 0 bridgehead atoms. The van der Waals surface area contributed by atoms with E-state index < -0.39 is 11.8 Å². The molecule has 0 saturated heterocycles. The molecule has 2 aromatic rings. The number of hydrogen-bond acceptors (Lipinski definition) is 3. The molecule has 0 spiro atoms. The lowest BCUT2D eigenvalue weighted by molar-refractivity contribution is -0.131. The van der Waals surface area contributed by atoms with Gasteiger partial charge in [-0.15, -0.1) is 0 Å². The number of rotatable bonds is 2. The van der Waals surface area contributed by atoms with Gasteiger partial charge in [-0.25, -0.2) is 4.79 Å². The highest BCUT2D eigenvalue weighted by atomic mass is 16.4. The van der Waals surface area contributed by atoms with E-state index in [1.54, 1.807) is 12.1 Å². The summed E-state index contributed by atoms with van der Waals surface area (Å²) in [6.45, 7) is 0. The third-order valence-electron chi connectivity index (χ3n) is 3.20. The number of benzene rings is 2. The van der Waals surface area contributed by atoms with E-state index in [9.17, 15) is 9.59 Å². The van der Waals surface area contributed by atoms with Crippen LogP contribution in [0.1, 0.15) is 15.9 Å². The van der Waals surface area contributed by atoms with E-state index in [0.717, 1.165) is 21.7 Å². The molecule has 1 aliphatic heterocycles. The van der Waals surface area contributed by atoms with Crippen LogP contribution in [0.3, 0.4) is 0 Å². The topological polar surface area (TPSA) is 66.4 Å². The lowest BCUT2D eigenvalue weighted by Crippen LogP contribution is -2.23. The number of carboxylic acid groups (broad SMARTS) is 1. The van der Waals surface area contributed by atoms with Gasteiger partial charge in [0.1, 0.15) is 0 Å². The largest absolute Gasteiger partial charge is 0.475 e. The number of Topliss-reactive ketones (excluding diaryl/α,β-unsaturated/α-hetero) is 1. The highest BCUT2D eigenvalue weighted by Gasteiger charge is 2.15. The lowest BCUT2D eigenvalue weighted by Gasteiger charge is -2.06. The first kappa shape index (κ1) is 12.2. The number of nitrogens with one attached hydrogen (secondary N) is 1. The molecule has 0 unspecified atom stereocenters. The fraction of sp³-hybridized carbons (Fsp3) is 0. The molecule has 2 aromatic carbocycles. The Labute approximate surface area is 114 Å². The summed E-state index contributed by atoms with van der Waals surface area (Å²) >= 11 is 0. The quantitative estimate of drug-likeness (QED) is 0.626. The van der Waals surface area contributed by atoms with Crippen molar-refractivity contribution >= 4 is 29.7 Å². The molecule has 0 aliphatic carbocycles. The third-order valence-corrected chi connectivity index (χ3v) is 3.20. The average Bonchev–Trinajstić information content (AvgIpc) is 2.64. The van der Waals surface area contributed by atoms with Gasteiger partial charge in [-0.05, 0) is 40.3 Å². The van der Waals surface area contributed by atoms with Crippen molar-refractivity contribution in [2.24, 2.45) is 0 Å². The molecule has 20 heavy (non-hydrogen) atoms. The molecule has 4 nitrogen and oxygen atoms in total.